The normalized spacial score (nSPS) is 20.6. The van der Waals surface area contributed by atoms with Crippen LogP contribution < -0.4 is 10.0 Å². The molecule has 0 aliphatic carbocycles. The summed E-state index contributed by atoms with van der Waals surface area (Å²) in [5.74, 6) is 0.846. The maximum absolute atomic E-state index is 12.6. The van der Waals surface area contributed by atoms with Gasteiger partial charge in [0.05, 0.1) is 18.5 Å². The molecule has 0 spiro atoms. The van der Waals surface area contributed by atoms with E-state index in [4.69, 9.17) is 0 Å². The average Bonchev–Trinajstić information content (AvgIpc) is 3.00. The SMILES string of the molecule is CC(C)n1nccc1NC(=O)[C@@H](C)N1CCC[C@@H](CNS(C)(=O)=O)C1. The highest BCUT2D eigenvalue weighted by molar-refractivity contribution is 7.88. The van der Waals surface area contributed by atoms with Crippen LogP contribution in [0.1, 0.15) is 39.7 Å². The molecule has 1 aromatic rings. The summed E-state index contributed by atoms with van der Waals surface area (Å²) in [5, 5.41) is 7.17. The van der Waals surface area contributed by atoms with Gasteiger partial charge in [-0.2, -0.15) is 5.10 Å². The van der Waals surface area contributed by atoms with Crippen LogP contribution in [-0.4, -0.2) is 60.9 Å². The van der Waals surface area contributed by atoms with Crippen molar-refractivity contribution >= 4 is 21.7 Å². The number of rotatable bonds is 7. The number of sulfonamides is 1. The number of amides is 1. The minimum absolute atomic E-state index is 0.0703. The number of piperidine rings is 1. The fraction of sp³-hybridized carbons (Fsp3) is 0.750. The molecular weight excluding hydrogens is 342 g/mol. The van der Waals surface area contributed by atoms with Gasteiger partial charge in [0.2, 0.25) is 15.9 Å². The number of carbonyl (C=O) groups is 1. The highest BCUT2D eigenvalue weighted by Gasteiger charge is 2.28. The Morgan fingerprint density at radius 2 is 2.12 bits per heavy atom. The first-order valence-electron chi connectivity index (χ1n) is 8.70. The molecule has 1 aliphatic rings. The maximum atomic E-state index is 12.6. The number of carbonyl (C=O) groups excluding carboxylic acids is 1. The van der Waals surface area contributed by atoms with Gasteiger partial charge in [0, 0.05) is 25.2 Å². The Labute approximate surface area is 150 Å². The minimum atomic E-state index is -3.18. The van der Waals surface area contributed by atoms with Crippen molar-refractivity contribution in [3.8, 4) is 0 Å². The Kier molecular flexibility index (Phi) is 6.59. The van der Waals surface area contributed by atoms with E-state index in [0.29, 0.717) is 18.9 Å². The molecule has 1 fully saturated rings. The van der Waals surface area contributed by atoms with Crippen molar-refractivity contribution in [1.82, 2.24) is 19.4 Å². The minimum Gasteiger partial charge on any atom is -0.310 e. The molecule has 1 aliphatic heterocycles. The van der Waals surface area contributed by atoms with E-state index in [0.717, 1.165) is 19.4 Å². The lowest BCUT2D eigenvalue weighted by Gasteiger charge is -2.36. The van der Waals surface area contributed by atoms with Gasteiger partial charge in [-0.1, -0.05) is 0 Å². The average molecular weight is 372 g/mol. The molecule has 142 valence electrons. The van der Waals surface area contributed by atoms with E-state index >= 15 is 0 Å². The first-order chi connectivity index (χ1) is 11.7. The highest BCUT2D eigenvalue weighted by atomic mass is 32.2. The number of nitrogens with zero attached hydrogens (tertiary/aromatic N) is 3. The van der Waals surface area contributed by atoms with Gasteiger partial charge in [0.15, 0.2) is 0 Å². The Hall–Kier alpha value is -1.45. The van der Waals surface area contributed by atoms with Crippen LogP contribution in [0, 0.1) is 5.92 Å². The third-order valence-electron chi connectivity index (χ3n) is 4.52. The number of hydrogen-bond donors (Lipinski definition) is 2. The zero-order valence-corrected chi connectivity index (χ0v) is 16.2. The first-order valence-corrected chi connectivity index (χ1v) is 10.6. The Morgan fingerprint density at radius 1 is 1.40 bits per heavy atom. The lowest BCUT2D eigenvalue weighted by molar-refractivity contribution is -0.121. The van der Waals surface area contributed by atoms with Crippen molar-refractivity contribution in [1.29, 1.82) is 0 Å². The number of nitrogens with one attached hydrogen (secondary N) is 2. The lowest BCUT2D eigenvalue weighted by Crippen LogP contribution is -2.49. The fourth-order valence-corrected chi connectivity index (χ4v) is 3.64. The number of aromatic nitrogens is 2. The number of anilines is 1. The van der Waals surface area contributed by atoms with Crippen LogP contribution >= 0.6 is 0 Å². The van der Waals surface area contributed by atoms with E-state index < -0.39 is 10.0 Å². The Bertz CT molecular complexity index is 686. The molecule has 2 rings (SSSR count). The van der Waals surface area contributed by atoms with E-state index in [1.165, 1.54) is 6.26 Å². The monoisotopic (exact) mass is 371 g/mol. The Morgan fingerprint density at radius 3 is 2.76 bits per heavy atom. The number of likely N-dealkylation sites (tertiary alicyclic amines) is 1. The van der Waals surface area contributed by atoms with Gasteiger partial charge in [-0.05, 0) is 46.1 Å². The quantitative estimate of drug-likeness (QED) is 0.747. The molecule has 0 saturated carbocycles. The van der Waals surface area contributed by atoms with Crippen molar-refractivity contribution < 1.29 is 13.2 Å². The lowest BCUT2D eigenvalue weighted by atomic mass is 9.97. The summed E-state index contributed by atoms with van der Waals surface area (Å²) in [5.41, 5.74) is 0. The topological polar surface area (TPSA) is 96.3 Å². The van der Waals surface area contributed by atoms with E-state index in [9.17, 15) is 13.2 Å². The molecule has 9 heteroatoms. The zero-order valence-electron chi connectivity index (χ0n) is 15.4. The standard InChI is InChI=1S/C16H29N5O3S/c1-12(2)21-15(7-8-17-21)19-16(22)13(3)20-9-5-6-14(11-20)10-18-25(4,23)24/h7-8,12-14,18H,5-6,9-11H2,1-4H3,(H,19,22)/t13-,14+/m1/s1. The van der Waals surface area contributed by atoms with E-state index in [2.05, 4.69) is 20.0 Å². The zero-order chi connectivity index (χ0) is 18.6. The molecule has 1 amide bonds. The summed E-state index contributed by atoms with van der Waals surface area (Å²) in [6, 6.07) is 1.68. The molecule has 25 heavy (non-hydrogen) atoms. The van der Waals surface area contributed by atoms with Crippen LogP contribution in [0.2, 0.25) is 0 Å². The van der Waals surface area contributed by atoms with Crippen molar-refractivity contribution in [3.63, 3.8) is 0 Å². The third kappa shape index (κ3) is 5.79. The summed E-state index contributed by atoms with van der Waals surface area (Å²) in [6.07, 6.45) is 4.76. The largest absolute Gasteiger partial charge is 0.310 e. The summed E-state index contributed by atoms with van der Waals surface area (Å²) in [4.78, 5) is 14.7. The van der Waals surface area contributed by atoms with Crippen LogP contribution in [0.4, 0.5) is 5.82 Å². The molecule has 2 N–H and O–H groups in total. The van der Waals surface area contributed by atoms with Crippen molar-refractivity contribution in [2.45, 2.75) is 45.7 Å². The molecule has 0 radical (unpaired) electrons. The molecule has 0 unspecified atom stereocenters. The van der Waals surface area contributed by atoms with Gasteiger partial charge in [0.1, 0.15) is 5.82 Å². The molecule has 1 aromatic heterocycles. The van der Waals surface area contributed by atoms with Gasteiger partial charge in [0.25, 0.3) is 0 Å². The third-order valence-corrected chi connectivity index (χ3v) is 5.21. The van der Waals surface area contributed by atoms with Crippen LogP contribution in [-0.2, 0) is 14.8 Å². The smallest absolute Gasteiger partial charge is 0.242 e. The molecule has 2 heterocycles. The summed E-state index contributed by atoms with van der Waals surface area (Å²) in [7, 11) is -3.18. The predicted molar refractivity (Wildman–Crippen MR) is 97.8 cm³/mol. The summed E-state index contributed by atoms with van der Waals surface area (Å²) in [6.45, 7) is 7.88. The van der Waals surface area contributed by atoms with Crippen LogP contribution in [0.15, 0.2) is 12.3 Å². The van der Waals surface area contributed by atoms with Crippen molar-refractivity contribution in [3.05, 3.63) is 12.3 Å². The molecule has 8 nitrogen and oxygen atoms in total. The molecule has 1 saturated heterocycles. The number of hydrogen-bond acceptors (Lipinski definition) is 5. The second kappa shape index (κ2) is 8.29. The van der Waals surface area contributed by atoms with Crippen LogP contribution in [0.25, 0.3) is 0 Å². The molecule has 0 bridgehead atoms. The predicted octanol–water partition coefficient (Wildman–Crippen LogP) is 1.05. The van der Waals surface area contributed by atoms with Crippen LogP contribution in [0.5, 0.6) is 0 Å². The van der Waals surface area contributed by atoms with E-state index in [1.54, 1.807) is 16.9 Å². The van der Waals surface area contributed by atoms with Crippen molar-refractivity contribution in [2.75, 3.05) is 31.2 Å². The fourth-order valence-electron chi connectivity index (χ4n) is 3.11. The molecule has 0 aromatic carbocycles. The van der Waals surface area contributed by atoms with Gasteiger partial charge in [-0.3, -0.25) is 9.69 Å². The van der Waals surface area contributed by atoms with Gasteiger partial charge >= 0.3 is 0 Å². The first kappa shape index (κ1) is 19.9. The second-order valence-corrected chi connectivity index (χ2v) is 8.88. The van der Waals surface area contributed by atoms with Crippen molar-refractivity contribution in [2.24, 2.45) is 5.92 Å². The summed E-state index contributed by atoms with van der Waals surface area (Å²) >= 11 is 0. The van der Waals surface area contributed by atoms with Gasteiger partial charge < -0.3 is 5.32 Å². The molecule has 2 atom stereocenters. The van der Waals surface area contributed by atoms with Crippen LogP contribution in [0.3, 0.4) is 0 Å². The summed E-state index contributed by atoms with van der Waals surface area (Å²) < 4.78 is 26.9. The van der Waals surface area contributed by atoms with Gasteiger partial charge in [-0.15, -0.1) is 0 Å². The van der Waals surface area contributed by atoms with E-state index in [-0.39, 0.29) is 23.9 Å². The highest BCUT2D eigenvalue weighted by Crippen LogP contribution is 2.20. The maximum Gasteiger partial charge on any atom is 0.242 e. The second-order valence-electron chi connectivity index (χ2n) is 7.04. The molecular formula is C16H29N5O3S. The Balaban J connectivity index is 1.93. The van der Waals surface area contributed by atoms with E-state index in [1.807, 2.05) is 20.8 Å². The van der Waals surface area contributed by atoms with Gasteiger partial charge in [-0.25, -0.2) is 17.8 Å².